The second kappa shape index (κ2) is 5.34. The van der Waals surface area contributed by atoms with Crippen molar-refractivity contribution >= 4 is 0 Å². The Morgan fingerprint density at radius 3 is 2.24 bits per heavy atom. The van der Waals surface area contributed by atoms with Crippen LogP contribution in [0.15, 0.2) is 48.5 Å². The zero-order chi connectivity index (χ0) is 12.1. The monoisotopic (exact) mass is 232 g/mol. The summed E-state index contributed by atoms with van der Waals surface area (Å²) in [6.07, 6.45) is 0.748. The van der Waals surface area contributed by atoms with Gasteiger partial charge in [-0.05, 0) is 42.0 Å². The lowest BCUT2D eigenvalue weighted by molar-refractivity contribution is 0.321. The molecule has 0 aliphatic heterocycles. The molecule has 0 spiro atoms. The highest BCUT2D eigenvalue weighted by molar-refractivity contribution is 5.26. The van der Waals surface area contributed by atoms with Crippen LogP contribution in [0.4, 0.5) is 4.39 Å². The predicted molar refractivity (Wildman–Crippen MR) is 63.7 cm³/mol. The lowest BCUT2D eigenvalue weighted by Gasteiger charge is -2.06. The molecule has 0 fully saturated rings. The maximum Gasteiger partial charge on any atom is 0.123 e. The fourth-order valence-electron chi connectivity index (χ4n) is 1.48. The first-order chi connectivity index (χ1) is 8.24. The molecular formula is C14H13FO2. The second-order valence-corrected chi connectivity index (χ2v) is 3.72. The molecule has 0 heterocycles. The molecule has 0 aliphatic carbocycles. The molecule has 17 heavy (non-hydrogen) atoms. The summed E-state index contributed by atoms with van der Waals surface area (Å²) in [6.45, 7) is 0.524. The summed E-state index contributed by atoms with van der Waals surface area (Å²) in [5.41, 5.74) is 1.09. The van der Waals surface area contributed by atoms with Crippen LogP contribution in [0.3, 0.4) is 0 Å². The molecule has 1 N–H and O–H groups in total. The Kier molecular flexibility index (Phi) is 3.60. The maximum absolute atomic E-state index is 12.6. The number of hydrogen-bond donors (Lipinski definition) is 1. The molecule has 0 atom stereocenters. The summed E-state index contributed by atoms with van der Waals surface area (Å²) in [5, 5.41) is 9.12. The van der Waals surface area contributed by atoms with Gasteiger partial charge in [0, 0.05) is 6.42 Å². The number of benzene rings is 2. The summed E-state index contributed by atoms with van der Waals surface area (Å²) in [5.74, 6) is 0.647. The van der Waals surface area contributed by atoms with E-state index < -0.39 is 0 Å². The van der Waals surface area contributed by atoms with Crippen LogP contribution in [-0.2, 0) is 6.42 Å². The molecule has 0 saturated carbocycles. The Morgan fingerprint density at radius 1 is 0.941 bits per heavy atom. The van der Waals surface area contributed by atoms with E-state index >= 15 is 0 Å². The third-order valence-corrected chi connectivity index (χ3v) is 2.41. The molecule has 3 heteroatoms. The van der Waals surface area contributed by atoms with Gasteiger partial charge in [0.15, 0.2) is 0 Å². The molecule has 0 radical (unpaired) electrons. The third kappa shape index (κ3) is 3.48. The minimum Gasteiger partial charge on any atom is -0.508 e. The van der Waals surface area contributed by atoms with Gasteiger partial charge in [-0.15, -0.1) is 0 Å². The lowest BCUT2D eigenvalue weighted by Crippen LogP contribution is -2.01. The third-order valence-electron chi connectivity index (χ3n) is 2.41. The van der Waals surface area contributed by atoms with Gasteiger partial charge in [-0.3, -0.25) is 0 Å². The molecule has 0 bridgehead atoms. The molecule has 0 unspecified atom stereocenters. The van der Waals surface area contributed by atoms with Crippen LogP contribution in [0.5, 0.6) is 11.5 Å². The van der Waals surface area contributed by atoms with Crippen molar-refractivity contribution in [3.05, 3.63) is 59.9 Å². The lowest BCUT2D eigenvalue weighted by atomic mass is 10.1. The van der Waals surface area contributed by atoms with Gasteiger partial charge in [-0.25, -0.2) is 4.39 Å². The van der Waals surface area contributed by atoms with Gasteiger partial charge in [0.2, 0.25) is 0 Å². The molecule has 2 rings (SSSR count). The Labute approximate surface area is 99.3 Å². The van der Waals surface area contributed by atoms with Crippen LogP contribution in [0, 0.1) is 5.82 Å². The smallest absolute Gasteiger partial charge is 0.123 e. The Balaban J connectivity index is 1.83. The largest absolute Gasteiger partial charge is 0.508 e. The predicted octanol–water partition coefficient (Wildman–Crippen LogP) is 3.15. The average molecular weight is 232 g/mol. The zero-order valence-electron chi connectivity index (χ0n) is 9.27. The van der Waals surface area contributed by atoms with Crippen LogP contribution in [0.2, 0.25) is 0 Å². The number of halogens is 1. The van der Waals surface area contributed by atoms with E-state index in [2.05, 4.69) is 0 Å². The maximum atomic E-state index is 12.6. The van der Waals surface area contributed by atoms with E-state index in [1.165, 1.54) is 12.1 Å². The van der Waals surface area contributed by atoms with Gasteiger partial charge in [-0.2, -0.15) is 0 Å². The molecule has 0 aromatic heterocycles. The molecule has 2 nitrogen and oxygen atoms in total. The van der Waals surface area contributed by atoms with Crippen molar-refractivity contribution in [2.24, 2.45) is 0 Å². The van der Waals surface area contributed by atoms with Crippen molar-refractivity contribution in [1.29, 1.82) is 0 Å². The van der Waals surface area contributed by atoms with Crippen molar-refractivity contribution in [3.8, 4) is 11.5 Å². The minimum absolute atomic E-state index is 0.258. The summed E-state index contributed by atoms with van der Waals surface area (Å²) >= 11 is 0. The van der Waals surface area contributed by atoms with E-state index in [1.807, 2.05) is 12.1 Å². The van der Waals surface area contributed by atoms with Gasteiger partial charge >= 0.3 is 0 Å². The highest BCUT2D eigenvalue weighted by Gasteiger charge is 1.96. The first-order valence-electron chi connectivity index (χ1n) is 5.40. The number of phenolic OH excluding ortho intramolecular Hbond substituents is 1. The molecule has 0 saturated heterocycles. The second-order valence-electron chi connectivity index (χ2n) is 3.72. The minimum atomic E-state index is -0.268. The number of rotatable bonds is 4. The van der Waals surface area contributed by atoms with Crippen LogP contribution >= 0.6 is 0 Å². The Morgan fingerprint density at radius 2 is 1.59 bits per heavy atom. The fraction of sp³-hybridized carbons (Fsp3) is 0.143. The molecular weight excluding hydrogens is 219 g/mol. The van der Waals surface area contributed by atoms with E-state index in [0.29, 0.717) is 12.4 Å². The van der Waals surface area contributed by atoms with Gasteiger partial charge in [0.25, 0.3) is 0 Å². The van der Waals surface area contributed by atoms with Gasteiger partial charge in [0.05, 0.1) is 6.61 Å². The molecule has 88 valence electrons. The average Bonchev–Trinajstić information content (AvgIpc) is 2.34. The fourth-order valence-corrected chi connectivity index (χ4v) is 1.48. The van der Waals surface area contributed by atoms with Crippen LogP contribution in [-0.4, -0.2) is 11.7 Å². The van der Waals surface area contributed by atoms with Gasteiger partial charge in [0.1, 0.15) is 17.3 Å². The normalized spacial score (nSPS) is 10.2. The summed E-state index contributed by atoms with van der Waals surface area (Å²) < 4.78 is 18.1. The standard InChI is InChI=1S/C14H13FO2/c15-12-3-7-14(8-4-12)17-10-9-11-1-5-13(16)6-2-11/h1-8,16H,9-10H2. The highest BCUT2D eigenvalue weighted by atomic mass is 19.1. The van der Waals surface area contributed by atoms with Crippen LogP contribution in [0.25, 0.3) is 0 Å². The van der Waals surface area contributed by atoms with Crippen molar-refractivity contribution in [1.82, 2.24) is 0 Å². The summed E-state index contributed by atoms with van der Waals surface area (Å²) in [6, 6.07) is 12.9. The number of hydrogen-bond acceptors (Lipinski definition) is 2. The zero-order valence-corrected chi connectivity index (χ0v) is 9.27. The topological polar surface area (TPSA) is 29.5 Å². The molecule has 2 aromatic carbocycles. The quantitative estimate of drug-likeness (QED) is 0.877. The summed E-state index contributed by atoms with van der Waals surface area (Å²) in [7, 11) is 0. The van der Waals surface area contributed by atoms with E-state index in [4.69, 9.17) is 9.84 Å². The van der Waals surface area contributed by atoms with Gasteiger partial charge < -0.3 is 9.84 Å². The van der Waals surface area contributed by atoms with E-state index in [1.54, 1.807) is 24.3 Å². The van der Waals surface area contributed by atoms with Crippen molar-refractivity contribution in [3.63, 3.8) is 0 Å². The van der Waals surface area contributed by atoms with E-state index in [-0.39, 0.29) is 11.6 Å². The highest BCUT2D eigenvalue weighted by Crippen LogP contribution is 2.13. The number of ether oxygens (including phenoxy) is 1. The van der Waals surface area contributed by atoms with Crippen LogP contribution in [0.1, 0.15) is 5.56 Å². The SMILES string of the molecule is Oc1ccc(CCOc2ccc(F)cc2)cc1. The van der Waals surface area contributed by atoms with Crippen molar-refractivity contribution in [2.45, 2.75) is 6.42 Å². The molecule has 0 aliphatic rings. The van der Waals surface area contributed by atoms with E-state index in [0.717, 1.165) is 12.0 Å². The van der Waals surface area contributed by atoms with Crippen molar-refractivity contribution < 1.29 is 14.2 Å². The Bertz CT molecular complexity index is 417. The molecule has 0 amide bonds. The van der Waals surface area contributed by atoms with Crippen LogP contribution < -0.4 is 4.74 Å². The van der Waals surface area contributed by atoms with Gasteiger partial charge in [-0.1, -0.05) is 12.1 Å². The Hall–Kier alpha value is -2.03. The first kappa shape index (κ1) is 11.5. The summed E-state index contributed by atoms with van der Waals surface area (Å²) in [4.78, 5) is 0. The van der Waals surface area contributed by atoms with E-state index in [9.17, 15) is 4.39 Å². The number of phenols is 1. The van der Waals surface area contributed by atoms with Crippen molar-refractivity contribution in [2.75, 3.05) is 6.61 Å². The molecule has 2 aromatic rings. The first-order valence-corrected chi connectivity index (χ1v) is 5.40. The number of aromatic hydroxyl groups is 1.